The molecule has 1 saturated carbocycles. The predicted octanol–water partition coefficient (Wildman–Crippen LogP) is 1.67. The SMILES string of the molecule is CCOC1CC(NC(=O)C2(S(C)(=O)=O)CCNCC2)C1(CC)CC.Cl. The number of halogens is 1. The second kappa shape index (κ2) is 8.55. The van der Waals surface area contributed by atoms with Gasteiger partial charge in [0, 0.05) is 24.3 Å². The Balaban J connectivity index is 0.00000312. The Kier molecular flexibility index (Phi) is 7.75. The summed E-state index contributed by atoms with van der Waals surface area (Å²) < 4.78 is 29.3. The van der Waals surface area contributed by atoms with E-state index in [4.69, 9.17) is 4.74 Å². The zero-order valence-electron chi connectivity index (χ0n) is 15.8. The van der Waals surface area contributed by atoms with Crippen molar-refractivity contribution in [3.63, 3.8) is 0 Å². The Morgan fingerprint density at radius 3 is 2.20 bits per heavy atom. The highest BCUT2D eigenvalue weighted by molar-refractivity contribution is 7.92. The standard InChI is InChI=1S/C17H32N2O4S.ClH/c1-5-16(6-2)13(12-14(16)23-7-3)19-15(20)17(24(4,21)22)8-10-18-11-9-17;/h13-14,18H,5-12H2,1-4H3,(H,19,20);1H. The van der Waals surface area contributed by atoms with E-state index in [0.29, 0.717) is 32.5 Å². The van der Waals surface area contributed by atoms with E-state index < -0.39 is 14.6 Å². The fourth-order valence-electron chi connectivity index (χ4n) is 4.47. The number of rotatable bonds is 7. The minimum atomic E-state index is -3.47. The van der Waals surface area contributed by atoms with Gasteiger partial charge in [-0.2, -0.15) is 0 Å². The summed E-state index contributed by atoms with van der Waals surface area (Å²) in [6.07, 6.45) is 4.59. The van der Waals surface area contributed by atoms with Crippen molar-refractivity contribution in [3.8, 4) is 0 Å². The van der Waals surface area contributed by atoms with Crippen LogP contribution in [0.2, 0.25) is 0 Å². The average Bonchev–Trinajstić information content (AvgIpc) is 2.54. The molecule has 2 unspecified atom stereocenters. The Morgan fingerprint density at radius 1 is 1.20 bits per heavy atom. The van der Waals surface area contributed by atoms with Crippen molar-refractivity contribution >= 4 is 28.2 Å². The van der Waals surface area contributed by atoms with Gasteiger partial charge in [-0.3, -0.25) is 4.79 Å². The smallest absolute Gasteiger partial charge is 0.241 e. The number of amides is 1. The van der Waals surface area contributed by atoms with Gasteiger partial charge >= 0.3 is 0 Å². The van der Waals surface area contributed by atoms with E-state index in [9.17, 15) is 13.2 Å². The van der Waals surface area contributed by atoms with Gasteiger partial charge in [0.1, 0.15) is 0 Å². The monoisotopic (exact) mass is 396 g/mol. The Hall–Kier alpha value is -0.370. The molecule has 0 bridgehead atoms. The van der Waals surface area contributed by atoms with Crippen molar-refractivity contribution in [1.29, 1.82) is 0 Å². The molecule has 1 saturated heterocycles. The van der Waals surface area contributed by atoms with E-state index in [2.05, 4.69) is 24.5 Å². The van der Waals surface area contributed by atoms with Crippen molar-refractivity contribution in [2.75, 3.05) is 26.0 Å². The van der Waals surface area contributed by atoms with E-state index in [1.165, 1.54) is 6.26 Å². The molecule has 1 aliphatic carbocycles. The zero-order chi connectivity index (χ0) is 18.0. The molecule has 0 aromatic rings. The zero-order valence-corrected chi connectivity index (χ0v) is 17.4. The van der Waals surface area contributed by atoms with Crippen molar-refractivity contribution in [3.05, 3.63) is 0 Å². The van der Waals surface area contributed by atoms with Crippen molar-refractivity contribution in [1.82, 2.24) is 10.6 Å². The summed E-state index contributed by atoms with van der Waals surface area (Å²) >= 11 is 0. The first-order chi connectivity index (χ1) is 11.3. The molecule has 25 heavy (non-hydrogen) atoms. The molecule has 148 valence electrons. The van der Waals surface area contributed by atoms with Gasteiger partial charge < -0.3 is 15.4 Å². The van der Waals surface area contributed by atoms with Crippen LogP contribution in [0.3, 0.4) is 0 Å². The van der Waals surface area contributed by atoms with Crippen LogP contribution in [0.25, 0.3) is 0 Å². The quantitative estimate of drug-likeness (QED) is 0.683. The minimum absolute atomic E-state index is 0. The molecule has 1 amide bonds. The van der Waals surface area contributed by atoms with Gasteiger partial charge in [-0.05, 0) is 52.1 Å². The number of ether oxygens (including phenoxy) is 1. The molecule has 1 heterocycles. The number of hydrogen-bond acceptors (Lipinski definition) is 5. The van der Waals surface area contributed by atoms with Crippen molar-refractivity contribution in [2.45, 2.75) is 69.8 Å². The number of piperidine rings is 1. The molecule has 0 aromatic heterocycles. The van der Waals surface area contributed by atoms with Crippen LogP contribution < -0.4 is 10.6 Å². The maximum atomic E-state index is 13.0. The summed E-state index contributed by atoms with van der Waals surface area (Å²) in [4.78, 5) is 13.0. The molecule has 2 rings (SSSR count). The molecule has 8 heteroatoms. The second-order valence-corrected chi connectivity index (χ2v) is 9.49. The second-order valence-electron chi connectivity index (χ2n) is 7.16. The number of carbonyl (C=O) groups is 1. The topological polar surface area (TPSA) is 84.5 Å². The first kappa shape index (κ1) is 22.7. The summed E-state index contributed by atoms with van der Waals surface area (Å²) in [5, 5.41) is 6.23. The summed E-state index contributed by atoms with van der Waals surface area (Å²) in [7, 11) is -3.47. The lowest BCUT2D eigenvalue weighted by Gasteiger charge is -2.56. The maximum absolute atomic E-state index is 13.0. The molecule has 0 spiro atoms. The Morgan fingerprint density at radius 2 is 1.76 bits per heavy atom. The van der Waals surface area contributed by atoms with Crippen LogP contribution in [0.1, 0.15) is 52.9 Å². The fraction of sp³-hybridized carbons (Fsp3) is 0.941. The van der Waals surface area contributed by atoms with Gasteiger partial charge in [-0.15, -0.1) is 12.4 Å². The van der Waals surface area contributed by atoms with Gasteiger partial charge in [0.15, 0.2) is 14.6 Å². The molecule has 2 fully saturated rings. The van der Waals surface area contributed by atoms with E-state index in [1.54, 1.807) is 0 Å². The molecule has 6 nitrogen and oxygen atoms in total. The first-order valence-corrected chi connectivity index (χ1v) is 11.0. The average molecular weight is 397 g/mol. The van der Waals surface area contributed by atoms with Crippen LogP contribution in [0.4, 0.5) is 0 Å². The Bertz CT molecular complexity index is 557. The molecule has 2 aliphatic rings. The normalized spacial score (nSPS) is 27.7. The lowest BCUT2D eigenvalue weighted by molar-refractivity contribution is -0.150. The van der Waals surface area contributed by atoms with Crippen LogP contribution >= 0.6 is 12.4 Å². The van der Waals surface area contributed by atoms with Crippen LogP contribution in [0.5, 0.6) is 0 Å². The van der Waals surface area contributed by atoms with Crippen LogP contribution in [-0.4, -0.2) is 57.2 Å². The van der Waals surface area contributed by atoms with Gasteiger partial charge in [0.25, 0.3) is 0 Å². The summed E-state index contributed by atoms with van der Waals surface area (Å²) in [5.41, 5.74) is -0.0860. The number of hydrogen-bond donors (Lipinski definition) is 2. The molecular weight excluding hydrogens is 364 g/mol. The highest BCUT2D eigenvalue weighted by Gasteiger charge is 2.56. The van der Waals surface area contributed by atoms with Crippen molar-refractivity contribution in [2.24, 2.45) is 5.41 Å². The molecule has 0 aromatic carbocycles. The lowest BCUT2D eigenvalue weighted by Crippen LogP contribution is -2.68. The molecule has 0 radical (unpaired) electrons. The third-order valence-electron chi connectivity index (χ3n) is 6.31. The highest BCUT2D eigenvalue weighted by Crippen LogP contribution is 2.49. The maximum Gasteiger partial charge on any atom is 0.241 e. The molecule has 2 N–H and O–H groups in total. The largest absolute Gasteiger partial charge is 0.378 e. The number of nitrogens with one attached hydrogen (secondary N) is 2. The molecule has 1 aliphatic heterocycles. The lowest BCUT2D eigenvalue weighted by atomic mass is 9.58. The molecule has 2 atom stereocenters. The van der Waals surface area contributed by atoms with Crippen LogP contribution in [0.15, 0.2) is 0 Å². The van der Waals surface area contributed by atoms with E-state index in [1.807, 2.05) is 6.92 Å². The summed E-state index contributed by atoms with van der Waals surface area (Å²) in [5.74, 6) is -0.322. The van der Waals surface area contributed by atoms with Crippen LogP contribution in [-0.2, 0) is 19.4 Å². The number of carbonyl (C=O) groups excluding carboxylic acids is 1. The Labute approximate surface area is 158 Å². The fourth-order valence-corrected chi connectivity index (χ4v) is 5.81. The minimum Gasteiger partial charge on any atom is -0.378 e. The third-order valence-corrected chi connectivity index (χ3v) is 8.32. The van der Waals surface area contributed by atoms with Gasteiger partial charge in [0.2, 0.25) is 5.91 Å². The third kappa shape index (κ3) is 3.84. The van der Waals surface area contributed by atoms with E-state index in [-0.39, 0.29) is 35.9 Å². The summed E-state index contributed by atoms with van der Waals surface area (Å²) in [6.45, 7) is 7.98. The van der Waals surface area contributed by atoms with Gasteiger partial charge in [0.05, 0.1) is 6.10 Å². The predicted molar refractivity (Wildman–Crippen MR) is 102 cm³/mol. The van der Waals surface area contributed by atoms with Gasteiger partial charge in [-0.25, -0.2) is 8.42 Å². The highest BCUT2D eigenvalue weighted by atomic mass is 35.5. The van der Waals surface area contributed by atoms with E-state index >= 15 is 0 Å². The molecular formula is C17H33ClN2O4S. The first-order valence-electron chi connectivity index (χ1n) is 9.10. The van der Waals surface area contributed by atoms with Crippen molar-refractivity contribution < 1.29 is 17.9 Å². The van der Waals surface area contributed by atoms with E-state index in [0.717, 1.165) is 19.3 Å². The van der Waals surface area contributed by atoms with Crippen LogP contribution in [0, 0.1) is 5.41 Å². The number of sulfone groups is 1. The summed E-state index contributed by atoms with van der Waals surface area (Å²) in [6, 6.07) is -0.00920. The van der Waals surface area contributed by atoms with Gasteiger partial charge in [-0.1, -0.05) is 13.8 Å².